The van der Waals surface area contributed by atoms with Crippen molar-refractivity contribution in [1.29, 1.82) is 5.41 Å². The van der Waals surface area contributed by atoms with Crippen molar-refractivity contribution in [3.8, 4) is 0 Å². The minimum atomic E-state index is -0.308. The van der Waals surface area contributed by atoms with Gasteiger partial charge in [0.1, 0.15) is 11.7 Å². The number of hydrogen-bond donors (Lipinski definition) is 1. The van der Waals surface area contributed by atoms with Gasteiger partial charge in [-0.2, -0.15) is 5.10 Å². The van der Waals surface area contributed by atoms with Crippen molar-refractivity contribution < 1.29 is 4.39 Å². The summed E-state index contributed by atoms with van der Waals surface area (Å²) in [5.74, 6) is 0.733. The predicted molar refractivity (Wildman–Crippen MR) is 67.4 cm³/mol. The lowest BCUT2D eigenvalue weighted by atomic mass is 10.1. The molecule has 1 aromatic carbocycles. The Morgan fingerprint density at radius 1 is 1.33 bits per heavy atom. The van der Waals surface area contributed by atoms with Gasteiger partial charge in [0.2, 0.25) is 0 Å². The number of anilines is 1. The first-order valence-corrected chi connectivity index (χ1v) is 5.72. The summed E-state index contributed by atoms with van der Waals surface area (Å²) in [6, 6.07) is 6.50. The van der Waals surface area contributed by atoms with Crippen molar-refractivity contribution >= 4 is 11.7 Å². The van der Waals surface area contributed by atoms with Gasteiger partial charge in [0, 0.05) is 24.4 Å². The minimum Gasteiger partial charge on any atom is -0.305 e. The summed E-state index contributed by atoms with van der Waals surface area (Å²) in [4.78, 5) is 1.79. The molecule has 1 aliphatic heterocycles. The van der Waals surface area contributed by atoms with E-state index in [0.717, 1.165) is 17.1 Å². The van der Waals surface area contributed by atoms with Gasteiger partial charge in [-0.25, -0.2) is 4.39 Å². The Labute approximate surface area is 104 Å². The zero-order valence-corrected chi connectivity index (χ0v) is 10.2. The van der Waals surface area contributed by atoms with Gasteiger partial charge in [-0.1, -0.05) is 6.07 Å². The fraction of sp³-hybridized carbons (Fsp3) is 0.231. The summed E-state index contributed by atoms with van der Waals surface area (Å²) < 4.78 is 15.0. The molecule has 1 aromatic heterocycles. The second kappa shape index (κ2) is 3.66. The van der Waals surface area contributed by atoms with Crippen molar-refractivity contribution in [1.82, 2.24) is 9.78 Å². The Bertz CT molecular complexity index is 625. The molecule has 0 aliphatic carbocycles. The molecule has 0 atom stereocenters. The summed E-state index contributed by atoms with van der Waals surface area (Å²) in [6.45, 7) is 2.54. The summed E-state index contributed by atoms with van der Waals surface area (Å²) in [5.41, 5.74) is 2.64. The average Bonchev–Trinajstić information content (AvgIpc) is 2.82. The first-order chi connectivity index (χ1) is 8.56. The van der Waals surface area contributed by atoms with Crippen LogP contribution in [0, 0.1) is 18.2 Å². The van der Waals surface area contributed by atoms with Crippen molar-refractivity contribution in [2.45, 2.75) is 13.5 Å². The maximum absolute atomic E-state index is 13.2. The van der Waals surface area contributed by atoms with Crippen LogP contribution < -0.4 is 4.90 Å². The van der Waals surface area contributed by atoms with E-state index in [1.807, 2.05) is 20.0 Å². The van der Waals surface area contributed by atoms with Gasteiger partial charge in [-0.15, -0.1) is 0 Å². The molecular formula is C13H13FN4. The lowest BCUT2D eigenvalue weighted by Crippen LogP contribution is -2.23. The van der Waals surface area contributed by atoms with Gasteiger partial charge in [-0.3, -0.25) is 10.1 Å². The van der Waals surface area contributed by atoms with E-state index in [9.17, 15) is 4.39 Å². The molecule has 0 radical (unpaired) electrons. The van der Waals surface area contributed by atoms with E-state index < -0.39 is 0 Å². The Morgan fingerprint density at radius 2 is 2.11 bits per heavy atom. The number of hydrogen-bond acceptors (Lipinski definition) is 2. The molecule has 0 saturated heterocycles. The lowest BCUT2D eigenvalue weighted by molar-refractivity contribution is 0.627. The topological polar surface area (TPSA) is 44.9 Å². The fourth-order valence-corrected chi connectivity index (χ4v) is 2.17. The van der Waals surface area contributed by atoms with Gasteiger partial charge in [-0.05, 0) is 24.6 Å². The maximum Gasteiger partial charge on any atom is 0.156 e. The smallest absolute Gasteiger partial charge is 0.156 e. The molecule has 2 aromatic rings. The minimum absolute atomic E-state index is 0.308. The number of aryl methyl sites for hydroxylation is 2. The SMILES string of the molecule is Cc1cc(N2Cc3ccc(F)cc3C2=N)nn1C. The van der Waals surface area contributed by atoms with Gasteiger partial charge in [0.05, 0.1) is 6.54 Å². The predicted octanol–water partition coefficient (Wildman–Crippen LogP) is 2.21. The third-order valence-corrected chi connectivity index (χ3v) is 3.30. The highest BCUT2D eigenvalue weighted by Crippen LogP contribution is 2.28. The molecule has 2 heterocycles. The summed E-state index contributed by atoms with van der Waals surface area (Å²) >= 11 is 0. The molecule has 0 fully saturated rings. The average molecular weight is 244 g/mol. The number of rotatable bonds is 1. The van der Waals surface area contributed by atoms with Crippen LogP contribution in [0.2, 0.25) is 0 Å². The van der Waals surface area contributed by atoms with Crippen LogP contribution in [-0.2, 0) is 13.6 Å². The quantitative estimate of drug-likeness (QED) is 0.836. The monoisotopic (exact) mass is 244 g/mol. The van der Waals surface area contributed by atoms with E-state index in [-0.39, 0.29) is 5.82 Å². The Kier molecular flexibility index (Phi) is 2.23. The van der Waals surface area contributed by atoms with Crippen LogP contribution >= 0.6 is 0 Å². The number of amidine groups is 1. The number of halogens is 1. The van der Waals surface area contributed by atoms with Crippen LogP contribution in [0.25, 0.3) is 0 Å². The molecular weight excluding hydrogens is 231 g/mol. The Balaban J connectivity index is 2.02. The molecule has 0 spiro atoms. The molecule has 4 nitrogen and oxygen atoms in total. The van der Waals surface area contributed by atoms with Gasteiger partial charge in [0.25, 0.3) is 0 Å². The highest BCUT2D eigenvalue weighted by Gasteiger charge is 2.27. The number of nitrogens with one attached hydrogen (secondary N) is 1. The van der Waals surface area contributed by atoms with E-state index in [4.69, 9.17) is 5.41 Å². The van der Waals surface area contributed by atoms with E-state index in [1.165, 1.54) is 12.1 Å². The summed E-state index contributed by atoms with van der Waals surface area (Å²) in [5, 5.41) is 12.5. The van der Waals surface area contributed by atoms with Crippen LogP contribution in [0.3, 0.4) is 0 Å². The molecule has 1 N–H and O–H groups in total. The zero-order valence-electron chi connectivity index (χ0n) is 10.2. The summed E-state index contributed by atoms with van der Waals surface area (Å²) in [6.07, 6.45) is 0. The molecule has 3 rings (SSSR count). The number of benzene rings is 1. The number of fused-ring (bicyclic) bond motifs is 1. The number of aromatic nitrogens is 2. The van der Waals surface area contributed by atoms with Crippen molar-refractivity contribution in [3.05, 3.63) is 46.9 Å². The second-order valence-corrected chi connectivity index (χ2v) is 4.50. The van der Waals surface area contributed by atoms with Crippen LogP contribution in [0.5, 0.6) is 0 Å². The highest BCUT2D eigenvalue weighted by atomic mass is 19.1. The molecule has 0 bridgehead atoms. The van der Waals surface area contributed by atoms with E-state index in [0.29, 0.717) is 17.9 Å². The Morgan fingerprint density at radius 3 is 2.78 bits per heavy atom. The van der Waals surface area contributed by atoms with Gasteiger partial charge < -0.3 is 4.90 Å². The molecule has 0 unspecified atom stereocenters. The molecule has 0 saturated carbocycles. The third-order valence-electron chi connectivity index (χ3n) is 3.30. The molecule has 92 valence electrons. The molecule has 5 heteroatoms. The standard InChI is InChI=1S/C13H13FN4/c1-8-5-12(16-17(8)2)18-7-9-3-4-10(14)6-11(9)13(18)15/h3-6,15H,7H2,1-2H3. The van der Waals surface area contributed by atoms with Gasteiger partial charge in [0.15, 0.2) is 5.82 Å². The van der Waals surface area contributed by atoms with Crippen LogP contribution in [-0.4, -0.2) is 15.6 Å². The highest BCUT2D eigenvalue weighted by molar-refractivity contribution is 6.11. The van der Waals surface area contributed by atoms with Crippen molar-refractivity contribution in [2.75, 3.05) is 4.90 Å². The van der Waals surface area contributed by atoms with Crippen LogP contribution in [0.1, 0.15) is 16.8 Å². The lowest BCUT2D eigenvalue weighted by Gasteiger charge is -2.13. The second-order valence-electron chi connectivity index (χ2n) is 4.50. The van der Waals surface area contributed by atoms with Crippen LogP contribution in [0.15, 0.2) is 24.3 Å². The van der Waals surface area contributed by atoms with E-state index in [1.54, 1.807) is 15.6 Å². The van der Waals surface area contributed by atoms with Crippen molar-refractivity contribution in [3.63, 3.8) is 0 Å². The maximum atomic E-state index is 13.2. The zero-order chi connectivity index (χ0) is 12.9. The van der Waals surface area contributed by atoms with E-state index in [2.05, 4.69) is 5.10 Å². The molecule has 0 amide bonds. The largest absolute Gasteiger partial charge is 0.305 e. The number of nitrogens with zero attached hydrogens (tertiary/aromatic N) is 3. The Hall–Kier alpha value is -2.17. The normalized spacial score (nSPS) is 14.2. The molecule has 1 aliphatic rings. The first kappa shape index (κ1) is 11.0. The molecule has 18 heavy (non-hydrogen) atoms. The summed E-state index contributed by atoms with van der Waals surface area (Å²) in [7, 11) is 1.87. The third kappa shape index (κ3) is 1.51. The van der Waals surface area contributed by atoms with Gasteiger partial charge >= 0.3 is 0 Å². The van der Waals surface area contributed by atoms with E-state index >= 15 is 0 Å². The first-order valence-electron chi connectivity index (χ1n) is 5.72. The fourth-order valence-electron chi connectivity index (χ4n) is 2.17. The van der Waals surface area contributed by atoms with Crippen LogP contribution in [0.4, 0.5) is 10.2 Å². The van der Waals surface area contributed by atoms with Crippen molar-refractivity contribution in [2.24, 2.45) is 7.05 Å².